The van der Waals surface area contributed by atoms with Crippen LogP contribution in [0.5, 0.6) is 23.0 Å². The highest BCUT2D eigenvalue weighted by Gasteiger charge is 2.48. The molecule has 0 saturated carbocycles. The van der Waals surface area contributed by atoms with E-state index in [9.17, 15) is 14.7 Å². The molecule has 2 aliphatic heterocycles. The summed E-state index contributed by atoms with van der Waals surface area (Å²) in [6.07, 6.45) is 0. The van der Waals surface area contributed by atoms with Crippen LogP contribution in [0.3, 0.4) is 0 Å². The lowest BCUT2D eigenvalue weighted by molar-refractivity contribution is -0.132. The Labute approximate surface area is 234 Å². The van der Waals surface area contributed by atoms with Crippen molar-refractivity contribution < 1.29 is 33.6 Å². The highest BCUT2D eigenvalue weighted by Crippen LogP contribution is 2.46. The number of carbonyl (C=O) groups is 2. The normalized spacial score (nSPS) is 17.9. The Morgan fingerprint density at radius 1 is 0.975 bits per heavy atom. The predicted octanol–water partition coefficient (Wildman–Crippen LogP) is 5.33. The van der Waals surface area contributed by atoms with Gasteiger partial charge in [0.25, 0.3) is 5.78 Å². The Bertz CT molecular complexity index is 1720. The highest BCUT2D eigenvalue weighted by molar-refractivity contribution is 7.22. The van der Waals surface area contributed by atoms with E-state index in [4.69, 9.17) is 23.9 Å². The Kier molecular flexibility index (Phi) is 6.34. The van der Waals surface area contributed by atoms with Crippen LogP contribution in [0.15, 0.2) is 54.1 Å². The summed E-state index contributed by atoms with van der Waals surface area (Å²) in [6, 6.07) is 13.1. The number of ketones is 1. The number of fused-ring (bicyclic) bond motifs is 2. The van der Waals surface area contributed by atoms with Crippen molar-refractivity contribution in [3.05, 3.63) is 76.4 Å². The lowest BCUT2D eigenvalue weighted by atomic mass is 9.95. The molecule has 1 fully saturated rings. The molecule has 0 unspecified atom stereocenters. The van der Waals surface area contributed by atoms with E-state index in [1.165, 1.54) is 30.5 Å². The summed E-state index contributed by atoms with van der Waals surface area (Å²) in [7, 11) is 3.03. The van der Waals surface area contributed by atoms with E-state index < -0.39 is 17.7 Å². The molecule has 204 valence electrons. The van der Waals surface area contributed by atoms with Gasteiger partial charge in [0.05, 0.1) is 36.1 Å². The number of aryl methyl sites for hydroxylation is 2. The zero-order chi connectivity index (χ0) is 28.1. The maximum atomic E-state index is 13.7. The molecule has 1 aromatic heterocycles. The number of amides is 1. The van der Waals surface area contributed by atoms with E-state index >= 15 is 0 Å². The highest BCUT2D eigenvalue weighted by atomic mass is 32.1. The first kappa shape index (κ1) is 25.7. The fourth-order valence-corrected chi connectivity index (χ4v) is 6.34. The van der Waals surface area contributed by atoms with Crippen molar-refractivity contribution in [2.75, 3.05) is 32.3 Å². The molecule has 2 aliphatic rings. The maximum absolute atomic E-state index is 13.7. The van der Waals surface area contributed by atoms with Crippen molar-refractivity contribution in [1.29, 1.82) is 0 Å². The van der Waals surface area contributed by atoms with Gasteiger partial charge in [-0.15, -0.1) is 0 Å². The number of aromatic nitrogens is 1. The average Bonchev–Trinajstić information content (AvgIpc) is 3.50. The summed E-state index contributed by atoms with van der Waals surface area (Å²) < 4.78 is 23.1. The standard InChI is InChI=1S/C30H26N2O7S/c1-15-11-16(2)25-23(12-15)40-30(31-25)32-26(17-5-7-19(36-3)21(13-17)37-4)24(28(34)29(32)35)27(33)18-6-8-20-22(14-18)39-10-9-38-20/h5-8,11-14,26,33H,9-10H2,1-4H3/b27-24+/t26-/m1/s1. The van der Waals surface area contributed by atoms with Crippen LogP contribution in [0.1, 0.15) is 28.3 Å². The van der Waals surface area contributed by atoms with Crippen LogP contribution in [0, 0.1) is 13.8 Å². The molecule has 4 aromatic rings. The van der Waals surface area contributed by atoms with Gasteiger partial charge in [-0.1, -0.05) is 23.5 Å². The van der Waals surface area contributed by atoms with Crippen LogP contribution in [0.2, 0.25) is 0 Å². The number of benzene rings is 3. The van der Waals surface area contributed by atoms with E-state index in [1.807, 2.05) is 26.0 Å². The summed E-state index contributed by atoms with van der Waals surface area (Å²) in [6.45, 7) is 4.74. The van der Waals surface area contributed by atoms with Crippen LogP contribution >= 0.6 is 11.3 Å². The summed E-state index contributed by atoms with van der Waals surface area (Å²) in [5, 5.41) is 11.9. The molecule has 40 heavy (non-hydrogen) atoms. The summed E-state index contributed by atoms with van der Waals surface area (Å²) in [5.74, 6) is -0.0387. The minimum Gasteiger partial charge on any atom is -0.507 e. The number of Topliss-reactive ketones (excluding diaryl/α,β-unsaturated/α-hetero) is 1. The first-order valence-electron chi connectivity index (χ1n) is 12.6. The van der Waals surface area contributed by atoms with Crippen molar-refractivity contribution in [3.8, 4) is 23.0 Å². The van der Waals surface area contributed by atoms with Gasteiger partial charge < -0.3 is 24.1 Å². The van der Waals surface area contributed by atoms with Crippen LogP contribution in [-0.4, -0.2) is 49.2 Å². The minimum absolute atomic E-state index is 0.0685. The molecule has 1 amide bonds. The third kappa shape index (κ3) is 4.12. The topological polar surface area (TPSA) is 107 Å². The monoisotopic (exact) mass is 558 g/mol. The SMILES string of the molecule is COc1ccc([C@@H]2/C(=C(\O)c3ccc4c(c3)OCCO4)C(=O)C(=O)N2c2nc3c(C)cc(C)cc3s2)cc1OC. The predicted molar refractivity (Wildman–Crippen MR) is 151 cm³/mol. The number of hydrogen-bond acceptors (Lipinski definition) is 9. The van der Waals surface area contributed by atoms with Gasteiger partial charge in [0, 0.05) is 5.56 Å². The molecule has 0 radical (unpaired) electrons. The third-order valence-electron chi connectivity index (χ3n) is 7.01. The van der Waals surface area contributed by atoms with Gasteiger partial charge >= 0.3 is 5.91 Å². The molecule has 0 spiro atoms. The number of thiazole rings is 1. The Balaban J connectivity index is 1.57. The lowest BCUT2D eigenvalue weighted by Gasteiger charge is -2.24. The van der Waals surface area contributed by atoms with E-state index in [-0.39, 0.29) is 11.3 Å². The number of carbonyl (C=O) groups excluding carboxylic acids is 2. The number of aliphatic hydroxyl groups is 1. The van der Waals surface area contributed by atoms with Crippen LogP contribution in [0.25, 0.3) is 16.0 Å². The molecule has 10 heteroatoms. The summed E-state index contributed by atoms with van der Waals surface area (Å²) in [4.78, 5) is 33.4. The van der Waals surface area contributed by atoms with Crippen LogP contribution in [0.4, 0.5) is 5.13 Å². The van der Waals surface area contributed by atoms with Gasteiger partial charge in [0.15, 0.2) is 28.1 Å². The molecular formula is C30H26N2O7S. The fourth-order valence-electron chi connectivity index (χ4n) is 5.18. The molecule has 3 heterocycles. The molecule has 9 nitrogen and oxygen atoms in total. The van der Waals surface area contributed by atoms with E-state index in [1.54, 1.807) is 36.4 Å². The first-order chi connectivity index (χ1) is 19.3. The Hall–Kier alpha value is -4.57. The second-order valence-corrected chi connectivity index (χ2v) is 10.6. The van der Waals surface area contributed by atoms with Crippen LogP contribution < -0.4 is 23.8 Å². The third-order valence-corrected chi connectivity index (χ3v) is 8.01. The van der Waals surface area contributed by atoms with Gasteiger partial charge in [-0.2, -0.15) is 0 Å². The number of aliphatic hydroxyl groups excluding tert-OH is 1. The van der Waals surface area contributed by atoms with E-state index in [2.05, 4.69) is 0 Å². The molecule has 1 atom stereocenters. The van der Waals surface area contributed by atoms with Crippen molar-refractivity contribution in [3.63, 3.8) is 0 Å². The summed E-state index contributed by atoms with van der Waals surface area (Å²) >= 11 is 1.32. The smallest absolute Gasteiger partial charge is 0.301 e. The number of rotatable bonds is 5. The number of nitrogens with zero attached hydrogens (tertiary/aromatic N) is 2. The van der Waals surface area contributed by atoms with Gasteiger partial charge in [-0.3, -0.25) is 14.5 Å². The minimum atomic E-state index is -0.977. The fraction of sp³-hybridized carbons (Fsp3) is 0.233. The maximum Gasteiger partial charge on any atom is 0.301 e. The van der Waals surface area contributed by atoms with Crippen molar-refractivity contribution >= 4 is 44.1 Å². The summed E-state index contributed by atoms with van der Waals surface area (Å²) in [5.41, 5.74) is 3.59. The van der Waals surface area contributed by atoms with Gasteiger partial charge in [-0.25, -0.2) is 4.98 Å². The number of ether oxygens (including phenoxy) is 4. The number of anilines is 1. The Morgan fingerprint density at radius 3 is 2.48 bits per heavy atom. The quantitative estimate of drug-likeness (QED) is 0.199. The molecule has 1 saturated heterocycles. The largest absolute Gasteiger partial charge is 0.507 e. The van der Waals surface area contributed by atoms with Crippen molar-refractivity contribution in [1.82, 2.24) is 4.98 Å². The second kappa shape index (κ2) is 9.87. The van der Waals surface area contributed by atoms with E-state index in [0.29, 0.717) is 52.5 Å². The molecule has 1 N–H and O–H groups in total. The van der Waals surface area contributed by atoms with Gasteiger partial charge in [0.1, 0.15) is 19.0 Å². The Morgan fingerprint density at radius 2 is 1.73 bits per heavy atom. The first-order valence-corrected chi connectivity index (χ1v) is 13.4. The molecular weight excluding hydrogens is 532 g/mol. The molecule has 0 bridgehead atoms. The zero-order valence-electron chi connectivity index (χ0n) is 22.3. The molecule has 6 rings (SSSR count). The van der Waals surface area contributed by atoms with Gasteiger partial charge in [0.2, 0.25) is 0 Å². The molecule has 3 aromatic carbocycles. The lowest BCUT2D eigenvalue weighted by Crippen LogP contribution is -2.29. The van der Waals surface area contributed by atoms with Crippen molar-refractivity contribution in [2.45, 2.75) is 19.9 Å². The average molecular weight is 559 g/mol. The zero-order valence-corrected chi connectivity index (χ0v) is 23.1. The number of methoxy groups -OCH3 is 2. The second-order valence-electron chi connectivity index (χ2n) is 9.57. The molecule has 0 aliphatic carbocycles. The van der Waals surface area contributed by atoms with Crippen LogP contribution in [-0.2, 0) is 9.59 Å². The van der Waals surface area contributed by atoms with Crippen molar-refractivity contribution in [2.24, 2.45) is 0 Å². The van der Waals surface area contributed by atoms with Gasteiger partial charge in [-0.05, 0) is 66.9 Å². The number of hydrogen-bond donors (Lipinski definition) is 1. The van der Waals surface area contributed by atoms with E-state index in [0.717, 1.165) is 21.3 Å².